The zero-order valence-corrected chi connectivity index (χ0v) is 30.3. The minimum atomic E-state index is -0.881. The number of phenols is 1. The Balaban J connectivity index is 1.12. The van der Waals surface area contributed by atoms with Gasteiger partial charge in [0.15, 0.2) is 0 Å². The second kappa shape index (κ2) is 14.5. The van der Waals surface area contributed by atoms with E-state index in [2.05, 4.69) is 36.9 Å². The van der Waals surface area contributed by atoms with Crippen LogP contribution < -0.4 is 5.32 Å². The molecule has 53 heavy (non-hydrogen) atoms. The van der Waals surface area contributed by atoms with Crippen LogP contribution in [0.5, 0.6) is 5.75 Å². The molecule has 1 fully saturated rings. The number of nitriles is 1. The summed E-state index contributed by atoms with van der Waals surface area (Å²) >= 11 is 1.58. The molecule has 0 spiro atoms. The summed E-state index contributed by atoms with van der Waals surface area (Å²) in [7, 11) is 0. The van der Waals surface area contributed by atoms with Gasteiger partial charge in [0.1, 0.15) is 23.5 Å². The number of likely N-dealkylation sites (tertiary alicyclic amines) is 1. The number of aliphatic hydroxyl groups excluding tert-OH is 1. The van der Waals surface area contributed by atoms with Crippen molar-refractivity contribution in [2.75, 3.05) is 6.54 Å². The molecule has 0 bridgehead atoms. The van der Waals surface area contributed by atoms with Gasteiger partial charge < -0.3 is 20.4 Å². The normalized spacial score (nSPS) is 16.8. The van der Waals surface area contributed by atoms with Crippen LogP contribution in [0.25, 0.3) is 43.9 Å². The monoisotopic (exact) mass is 727 g/mol. The lowest BCUT2D eigenvalue weighted by molar-refractivity contribution is -0.142. The molecule has 4 heterocycles. The molecule has 1 aliphatic rings. The second-order valence-corrected chi connectivity index (χ2v) is 14.5. The molecular formula is C39H37N9O4S. The Morgan fingerprint density at radius 3 is 2.47 bits per heavy atom. The van der Waals surface area contributed by atoms with Crippen LogP contribution in [0.1, 0.15) is 56.1 Å². The number of aliphatic hydroxyl groups is 1. The van der Waals surface area contributed by atoms with E-state index in [1.807, 2.05) is 57.5 Å². The van der Waals surface area contributed by atoms with E-state index in [1.54, 1.807) is 60.0 Å². The number of carbonyl (C=O) groups is 2. The van der Waals surface area contributed by atoms with E-state index >= 15 is 0 Å². The number of β-amino-alcohol motifs (C(OH)–C–C–N with tert-alkyl or cyclic N) is 1. The zero-order valence-electron chi connectivity index (χ0n) is 29.5. The lowest BCUT2D eigenvalue weighted by Gasteiger charge is -2.30. The van der Waals surface area contributed by atoms with Crippen LogP contribution in [0.2, 0.25) is 0 Å². The smallest absolute Gasteiger partial charge is 0.248 e. The predicted octanol–water partition coefficient (Wildman–Crippen LogP) is 5.60. The molecule has 7 rings (SSSR count). The van der Waals surface area contributed by atoms with Crippen molar-refractivity contribution < 1.29 is 19.8 Å². The Labute approximate surface area is 309 Å². The number of nitrogens with one attached hydrogen (secondary N) is 1. The summed E-state index contributed by atoms with van der Waals surface area (Å²) in [5.41, 5.74) is 7.34. The first-order valence-corrected chi connectivity index (χ1v) is 18.1. The Kier molecular flexibility index (Phi) is 9.70. The number of aromatic nitrogens is 6. The zero-order chi connectivity index (χ0) is 37.4. The molecule has 1 unspecified atom stereocenters. The number of fused-ring (bicyclic) bond motifs is 1. The number of rotatable bonds is 9. The summed E-state index contributed by atoms with van der Waals surface area (Å²) in [6.45, 7) is 7.61. The number of thiazole rings is 1. The summed E-state index contributed by atoms with van der Waals surface area (Å²) in [6, 6.07) is 20.0. The van der Waals surface area contributed by atoms with Gasteiger partial charge in [-0.25, -0.2) is 9.67 Å². The second-order valence-electron chi connectivity index (χ2n) is 13.6. The van der Waals surface area contributed by atoms with Gasteiger partial charge in [-0.15, -0.1) is 26.6 Å². The fourth-order valence-corrected chi connectivity index (χ4v) is 7.64. The third kappa shape index (κ3) is 6.96. The first kappa shape index (κ1) is 35.4. The molecule has 0 saturated carbocycles. The number of hydrogen-bond acceptors (Lipinski definition) is 11. The van der Waals surface area contributed by atoms with Crippen molar-refractivity contribution in [3.63, 3.8) is 0 Å². The summed E-state index contributed by atoms with van der Waals surface area (Å²) in [5, 5.41) is 52.0. The Morgan fingerprint density at radius 2 is 1.77 bits per heavy atom. The molecule has 4 atom stereocenters. The molecule has 3 N–H and O–H groups in total. The highest BCUT2D eigenvalue weighted by Gasteiger charge is 2.43. The fraction of sp³-hybridized carbons (Fsp3) is 0.282. The van der Waals surface area contributed by atoms with Gasteiger partial charge in [-0.3, -0.25) is 9.59 Å². The molecule has 6 aromatic rings. The van der Waals surface area contributed by atoms with E-state index < -0.39 is 18.2 Å². The highest BCUT2D eigenvalue weighted by molar-refractivity contribution is 7.13. The van der Waals surface area contributed by atoms with Crippen LogP contribution >= 0.6 is 11.3 Å². The van der Waals surface area contributed by atoms with Gasteiger partial charge in [0.2, 0.25) is 11.8 Å². The van der Waals surface area contributed by atoms with Gasteiger partial charge in [0.25, 0.3) is 0 Å². The molecule has 2 amide bonds. The third-order valence-corrected chi connectivity index (χ3v) is 10.6. The van der Waals surface area contributed by atoms with Crippen LogP contribution in [0, 0.1) is 24.2 Å². The number of para-hydroxylation sites is 1. The van der Waals surface area contributed by atoms with Crippen molar-refractivity contribution in [1.82, 2.24) is 40.4 Å². The Morgan fingerprint density at radius 1 is 1.00 bits per heavy atom. The summed E-state index contributed by atoms with van der Waals surface area (Å²) in [4.78, 5) is 34.8. The van der Waals surface area contributed by atoms with E-state index in [0.29, 0.717) is 39.0 Å². The average molecular weight is 728 g/mol. The molecule has 14 heteroatoms. The molecule has 13 nitrogen and oxygen atoms in total. The van der Waals surface area contributed by atoms with Gasteiger partial charge in [-0.2, -0.15) is 5.26 Å². The van der Waals surface area contributed by atoms with E-state index in [9.17, 15) is 25.1 Å². The lowest BCUT2D eigenvalue weighted by Crippen LogP contribution is -2.49. The van der Waals surface area contributed by atoms with Gasteiger partial charge in [0, 0.05) is 29.5 Å². The van der Waals surface area contributed by atoms with Crippen molar-refractivity contribution in [3.8, 4) is 44.8 Å². The van der Waals surface area contributed by atoms with Crippen LogP contribution in [0.15, 0.2) is 78.4 Å². The molecule has 1 saturated heterocycles. The number of amides is 2. The van der Waals surface area contributed by atoms with E-state index in [4.69, 9.17) is 0 Å². The molecule has 268 valence electrons. The van der Waals surface area contributed by atoms with E-state index in [0.717, 1.165) is 21.7 Å². The fourth-order valence-electron chi connectivity index (χ4n) is 6.83. The molecular weight excluding hydrogens is 691 g/mol. The first-order valence-electron chi connectivity index (χ1n) is 17.2. The van der Waals surface area contributed by atoms with E-state index in [-0.39, 0.29) is 42.5 Å². The molecule has 0 aliphatic carbocycles. The topological polar surface area (TPSA) is 183 Å². The maximum absolute atomic E-state index is 14.3. The summed E-state index contributed by atoms with van der Waals surface area (Å²) in [5.74, 6) is -0.920. The predicted molar refractivity (Wildman–Crippen MR) is 199 cm³/mol. The number of nitrogens with zero attached hydrogens (tertiary/aromatic N) is 8. The van der Waals surface area contributed by atoms with Gasteiger partial charge in [-0.05, 0) is 61.2 Å². The number of phenolic OH excluding ortho intramolecular Hbond substituents is 1. The standard InChI is InChI=1S/C39H37N9O4S/c1-21(2)36(39(52)47-18-28(49)16-34(47)38(51)42-22(3)24-9-11-25(12-10-24)37-23(4)41-20-53-37)48-19-33(45-46-48)30-13-26-14-32(29-7-5-6-8-35(29)50)44-43-31(26)15-27(30)17-40/h5-15,19-22,28,34,36,49-50H,16,18H2,1-4H3,(H,42,51)/t22-,28+,34-,36?/m0/s1. The third-order valence-electron chi connectivity index (χ3n) is 9.62. The molecule has 1 aliphatic heterocycles. The largest absolute Gasteiger partial charge is 0.507 e. The van der Waals surface area contributed by atoms with Crippen molar-refractivity contribution in [2.24, 2.45) is 5.92 Å². The van der Waals surface area contributed by atoms with Crippen LogP contribution in [0.3, 0.4) is 0 Å². The number of aromatic hydroxyl groups is 1. The van der Waals surface area contributed by atoms with Crippen LogP contribution in [-0.4, -0.2) is 75.8 Å². The van der Waals surface area contributed by atoms with Gasteiger partial charge >= 0.3 is 0 Å². The van der Waals surface area contributed by atoms with Crippen LogP contribution in [-0.2, 0) is 9.59 Å². The SMILES string of the molecule is Cc1ncsc1-c1ccc([C@H](C)NC(=O)[C@@H]2C[C@@H](O)CN2C(=O)C(C(C)C)n2cc(-c3cc4cc(-c5ccccc5O)nnc4cc3C#N)nn2)cc1. The van der Waals surface area contributed by atoms with Crippen molar-refractivity contribution >= 4 is 34.1 Å². The molecule has 3 aromatic carbocycles. The molecule has 0 radical (unpaired) electrons. The highest BCUT2D eigenvalue weighted by Crippen LogP contribution is 2.33. The van der Waals surface area contributed by atoms with Crippen LogP contribution in [0.4, 0.5) is 0 Å². The number of benzene rings is 3. The lowest BCUT2D eigenvalue weighted by atomic mass is 10.0. The van der Waals surface area contributed by atoms with Crippen molar-refractivity contribution in [2.45, 2.75) is 58.3 Å². The minimum absolute atomic E-state index is 0.00254. The average Bonchev–Trinajstić information content (AvgIpc) is 3.91. The highest BCUT2D eigenvalue weighted by atomic mass is 32.1. The van der Waals surface area contributed by atoms with Gasteiger partial charge in [-0.1, -0.05) is 55.5 Å². The van der Waals surface area contributed by atoms with E-state index in [1.165, 1.54) is 9.58 Å². The Hall–Kier alpha value is -6.04. The quantitative estimate of drug-likeness (QED) is 0.170. The van der Waals surface area contributed by atoms with Crippen molar-refractivity contribution in [3.05, 3.63) is 95.3 Å². The first-order chi connectivity index (χ1) is 25.5. The number of carbonyl (C=O) groups excluding carboxylic acids is 2. The maximum atomic E-state index is 14.3. The minimum Gasteiger partial charge on any atom is -0.507 e. The Bertz CT molecular complexity index is 2370. The number of aryl methyl sites for hydroxylation is 1. The van der Waals surface area contributed by atoms with Crippen molar-refractivity contribution in [1.29, 1.82) is 5.26 Å². The van der Waals surface area contributed by atoms with Gasteiger partial charge in [0.05, 0.1) is 57.3 Å². The summed E-state index contributed by atoms with van der Waals surface area (Å²) < 4.78 is 1.46. The molecule has 3 aromatic heterocycles. The maximum Gasteiger partial charge on any atom is 0.248 e. The number of hydrogen-bond donors (Lipinski definition) is 3. The summed E-state index contributed by atoms with van der Waals surface area (Å²) in [6.07, 6.45) is 0.854.